The van der Waals surface area contributed by atoms with Gasteiger partial charge >= 0.3 is 0 Å². The van der Waals surface area contributed by atoms with Crippen LogP contribution in [0.1, 0.15) is 39.3 Å². The maximum atomic E-state index is 11.9. The van der Waals surface area contributed by atoms with Crippen LogP contribution in [0.2, 0.25) is 0 Å². The summed E-state index contributed by atoms with van der Waals surface area (Å²) in [5, 5.41) is 3.04. The van der Waals surface area contributed by atoms with Gasteiger partial charge in [-0.3, -0.25) is 4.79 Å². The molecule has 1 N–H and O–H groups in total. The number of hydrogen-bond acceptors (Lipinski definition) is 1. The standard InChI is InChI=1S/C14H20BrNO/c1-9(2)10(3)14(17)16-11(4)12-5-7-13(15)8-6-12/h5-11H,1-4H3,(H,16,17). The molecule has 1 rings (SSSR count). The average molecular weight is 298 g/mol. The molecule has 2 unspecified atom stereocenters. The monoisotopic (exact) mass is 297 g/mol. The van der Waals surface area contributed by atoms with E-state index in [0.29, 0.717) is 5.92 Å². The molecular formula is C14H20BrNO. The number of hydrogen-bond donors (Lipinski definition) is 1. The molecule has 1 amide bonds. The first kappa shape index (κ1) is 14.2. The Bertz CT molecular complexity index is 372. The molecule has 0 heterocycles. The van der Waals surface area contributed by atoms with Crippen LogP contribution < -0.4 is 5.32 Å². The van der Waals surface area contributed by atoms with Gasteiger partial charge in [-0.15, -0.1) is 0 Å². The highest BCUT2D eigenvalue weighted by atomic mass is 79.9. The number of carbonyl (C=O) groups excluding carboxylic acids is 1. The van der Waals surface area contributed by atoms with Crippen molar-refractivity contribution in [3.63, 3.8) is 0 Å². The minimum Gasteiger partial charge on any atom is -0.349 e. The van der Waals surface area contributed by atoms with Crippen LogP contribution in [-0.4, -0.2) is 5.91 Å². The summed E-state index contributed by atoms with van der Waals surface area (Å²) in [6.45, 7) is 8.10. The Balaban J connectivity index is 2.63. The Kier molecular flexibility index (Phi) is 5.19. The van der Waals surface area contributed by atoms with E-state index in [2.05, 4.69) is 35.1 Å². The summed E-state index contributed by atoms with van der Waals surface area (Å²) < 4.78 is 1.05. The fourth-order valence-corrected chi connectivity index (χ4v) is 1.75. The summed E-state index contributed by atoms with van der Waals surface area (Å²) >= 11 is 3.40. The molecule has 1 aromatic carbocycles. The molecule has 3 heteroatoms. The Morgan fingerprint density at radius 3 is 2.12 bits per heavy atom. The second-order valence-electron chi connectivity index (χ2n) is 4.81. The maximum absolute atomic E-state index is 11.9. The summed E-state index contributed by atoms with van der Waals surface area (Å²) in [5.41, 5.74) is 1.12. The summed E-state index contributed by atoms with van der Waals surface area (Å²) in [5.74, 6) is 0.537. The van der Waals surface area contributed by atoms with Crippen LogP contribution in [0.4, 0.5) is 0 Å². The lowest BCUT2D eigenvalue weighted by atomic mass is 9.96. The zero-order valence-corrected chi connectivity index (χ0v) is 12.4. The van der Waals surface area contributed by atoms with Crippen molar-refractivity contribution in [2.75, 3.05) is 0 Å². The van der Waals surface area contributed by atoms with Gasteiger partial charge < -0.3 is 5.32 Å². The Morgan fingerprint density at radius 2 is 1.65 bits per heavy atom. The van der Waals surface area contributed by atoms with E-state index in [0.717, 1.165) is 10.0 Å². The predicted molar refractivity (Wildman–Crippen MR) is 74.7 cm³/mol. The summed E-state index contributed by atoms with van der Waals surface area (Å²) in [6, 6.07) is 8.08. The second kappa shape index (κ2) is 6.20. The summed E-state index contributed by atoms with van der Waals surface area (Å²) in [4.78, 5) is 11.9. The fourth-order valence-electron chi connectivity index (χ4n) is 1.48. The van der Waals surface area contributed by atoms with Gasteiger partial charge in [-0.1, -0.05) is 48.8 Å². The van der Waals surface area contributed by atoms with Crippen LogP contribution in [0.25, 0.3) is 0 Å². The van der Waals surface area contributed by atoms with Crippen molar-refractivity contribution in [3.8, 4) is 0 Å². The van der Waals surface area contributed by atoms with Gasteiger partial charge in [-0.2, -0.15) is 0 Å². The first-order chi connectivity index (χ1) is 7.91. The molecule has 94 valence electrons. The van der Waals surface area contributed by atoms with Gasteiger partial charge in [0.05, 0.1) is 6.04 Å². The van der Waals surface area contributed by atoms with E-state index in [1.807, 2.05) is 38.1 Å². The molecule has 17 heavy (non-hydrogen) atoms. The lowest BCUT2D eigenvalue weighted by Gasteiger charge is -2.20. The number of carbonyl (C=O) groups is 1. The van der Waals surface area contributed by atoms with E-state index in [1.165, 1.54) is 0 Å². The zero-order valence-electron chi connectivity index (χ0n) is 10.8. The summed E-state index contributed by atoms with van der Waals surface area (Å²) in [6.07, 6.45) is 0. The normalized spacial score (nSPS) is 14.5. The largest absolute Gasteiger partial charge is 0.349 e. The highest BCUT2D eigenvalue weighted by Gasteiger charge is 2.18. The number of amides is 1. The van der Waals surface area contributed by atoms with Crippen molar-refractivity contribution in [2.24, 2.45) is 11.8 Å². The van der Waals surface area contributed by atoms with Gasteiger partial charge in [0.15, 0.2) is 0 Å². The van der Waals surface area contributed by atoms with E-state index in [-0.39, 0.29) is 17.9 Å². The molecule has 0 aliphatic carbocycles. The molecule has 0 aliphatic rings. The van der Waals surface area contributed by atoms with Crippen LogP contribution >= 0.6 is 15.9 Å². The second-order valence-corrected chi connectivity index (χ2v) is 5.73. The van der Waals surface area contributed by atoms with E-state index < -0.39 is 0 Å². The molecule has 0 saturated heterocycles. The van der Waals surface area contributed by atoms with Crippen molar-refractivity contribution in [2.45, 2.75) is 33.7 Å². The molecule has 0 aliphatic heterocycles. The first-order valence-corrected chi connectivity index (χ1v) is 6.77. The SMILES string of the molecule is CC(NC(=O)C(C)C(C)C)c1ccc(Br)cc1. The van der Waals surface area contributed by atoms with Crippen LogP contribution in [0, 0.1) is 11.8 Å². The fraction of sp³-hybridized carbons (Fsp3) is 0.500. The highest BCUT2D eigenvalue weighted by Crippen LogP contribution is 2.18. The van der Waals surface area contributed by atoms with E-state index >= 15 is 0 Å². The van der Waals surface area contributed by atoms with Gasteiger partial charge in [0.25, 0.3) is 0 Å². The van der Waals surface area contributed by atoms with Crippen LogP contribution in [0.15, 0.2) is 28.7 Å². The number of nitrogens with one attached hydrogen (secondary N) is 1. The zero-order chi connectivity index (χ0) is 13.0. The molecule has 2 atom stereocenters. The molecule has 0 radical (unpaired) electrons. The van der Waals surface area contributed by atoms with E-state index in [4.69, 9.17) is 0 Å². The minimum absolute atomic E-state index is 0.0490. The average Bonchev–Trinajstić information content (AvgIpc) is 2.28. The predicted octanol–water partition coefficient (Wildman–Crippen LogP) is 3.92. The molecule has 0 aromatic heterocycles. The third kappa shape index (κ3) is 4.15. The lowest BCUT2D eigenvalue weighted by molar-refractivity contribution is -0.126. The molecule has 0 bridgehead atoms. The van der Waals surface area contributed by atoms with Crippen molar-refractivity contribution in [1.29, 1.82) is 0 Å². The Hall–Kier alpha value is -0.830. The van der Waals surface area contributed by atoms with Crippen molar-refractivity contribution >= 4 is 21.8 Å². The van der Waals surface area contributed by atoms with Crippen molar-refractivity contribution < 1.29 is 4.79 Å². The third-order valence-electron chi connectivity index (χ3n) is 3.14. The molecule has 0 spiro atoms. The number of benzene rings is 1. The third-order valence-corrected chi connectivity index (χ3v) is 3.67. The van der Waals surface area contributed by atoms with Gasteiger partial charge in [0, 0.05) is 10.4 Å². The van der Waals surface area contributed by atoms with Gasteiger partial charge in [0.2, 0.25) is 5.91 Å². The van der Waals surface area contributed by atoms with Crippen LogP contribution in [0.3, 0.4) is 0 Å². The van der Waals surface area contributed by atoms with Gasteiger partial charge in [0.1, 0.15) is 0 Å². The van der Waals surface area contributed by atoms with E-state index in [1.54, 1.807) is 0 Å². The van der Waals surface area contributed by atoms with E-state index in [9.17, 15) is 4.79 Å². The van der Waals surface area contributed by atoms with Crippen LogP contribution in [0.5, 0.6) is 0 Å². The topological polar surface area (TPSA) is 29.1 Å². The van der Waals surface area contributed by atoms with Crippen molar-refractivity contribution in [1.82, 2.24) is 5.32 Å². The molecule has 0 fully saturated rings. The quantitative estimate of drug-likeness (QED) is 0.897. The first-order valence-electron chi connectivity index (χ1n) is 5.97. The summed E-state index contributed by atoms with van der Waals surface area (Å²) in [7, 11) is 0. The minimum atomic E-state index is 0.0490. The van der Waals surface area contributed by atoms with Crippen molar-refractivity contribution in [3.05, 3.63) is 34.3 Å². The molecule has 1 aromatic rings. The van der Waals surface area contributed by atoms with Gasteiger partial charge in [-0.25, -0.2) is 0 Å². The Morgan fingerprint density at radius 1 is 1.12 bits per heavy atom. The molecule has 0 saturated carbocycles. The van der Waals surface area contributed by atoms with Crippen LogP contribution in [-0.2, 0) is 4.79 Å². The molecular weight excluding hydrogens is 278 g/mol. The highest BCUT2D eigenvalue weighted by molar-refractivity contribution is 9.10. The molecule has 2 nitrogen and oxygen atoms in total. The number of halogens is 1. The smallest absolute Gasteiger partial charge is 0.223 e. The lowest BCUT2D eigenvalue weighted by Crippen LogP contribution is -2.33. The number of rotatable bonds is 4. The van der Waals surface area contributed by atoms with Gasteiger partial charge in [-0.05, 0) is 30.5 Å². The Labute approximate surface area is 112 Å². The maximum Gasteiger partial charge on any atom is 0.223 e.